The second-order valence-corrected chi connectivity index (χ2v) is 9.74. The van der Waals surface area contributed by atoms with Gasteiger partial charge in [0.05, 0.1) is 22.1 Å². The van der Waals surface area contributed by atoms with Crippen molar-refractivity contribution >= 4 is 39.1 Å². The molecule has 0 N–H and O–H groups in total. The minimum atomic E-state index is 0.609. The molecule has 1 heterocycles. The van der Waals surface area contributed by atoms with E-state index >= 15 is 0 Å². The molecule has 1 aliphatic rings. The molecule has 2 aromatic carbocycles. The molecule has 1 fully saturated rings. The highest BCUT2D eigenvalue weighted by Gasteiger charge is 2.21. The fourth-order valence-electron chi connectivity index (χ4n) is 4.37. The Labute approximate surface area is 191 Å². The van der Waals surface area contributed by atoms with Crippen LogP contribution in [0.15, 0.2) is 46.9 Å². The van der Waals surface area contributed by atoms with Gasteiger partial charge in [-0.05, 0) is 61.6 Å². The van der Waals surface area contributed by atoms with Gasteiger partial charge in [0.1, 0.15) is 0 Å². The number of halogens is 3. The summed E-state index contributed by atoms with van der Waals surface area (Å²) >= 11 is 16.2. The lowest BCUT2D eigenvalue weighted by Gasteiger charge is -2.20. The molecule has 0 unspecified atom stereocenters. The first-order chi connectivity index (χ1) is 14.0. The Morgan fingerprint density at radius 1 is 1.03 bits per heavy atom. The van der Waals surface area contributed by atoms with Crippen LogP contribution < -0.4 is 0 Å². The van der Waals surface area contributed by atoms with Gasteiger partial charge in [0.15, 0.2) is 0 Å². The monoisotopic (exact) mass is 490 g/mol. The maximum Gasteiger partial charge on any atom is 0.0840 e. The van der Waals surface area contributed by atoms with E-state index in [-0.39, 0.29) is 0 Å². The Morgan fingerprint density at radius 3 is 2.45 bits per heavy atom. The number of aryl methyl sites for hydroxylation is 1. The van der Waals surface area contributed by atoms with Gasteiger partial charge in [-0.2, -0.15) is 5.10 Å². The van der Waals surface area contributed by atoms with E-state index in [1.807, 2.05) is 16.8 Å². The minimum Gasteiger partial charge on any atom is -0.231 e. The molecule has 0 aliphatic heterocycles. The zero-order valence-electron chi connectivity index (χ0n) is 16.6. The predicted octanol–water partition coefficient (Wildman–Crippen LogP) is 8.43. The first kappa shape index (κ1) is 21.0. The van der Waals surface area contributed by atoms with Crippen LogP contribution in [0.5, 0.6) is 0 Å². The summed E-state index contributed by atoms with van der Waals surface area (Å²) in [5, 5.41) is 6.27. The highest BCUT2D eigenvalue weighted by molar-refractivity contribution is 9.10. The van der Waals surface area contributed by atoms with Crippen molar-refractivity contribution in [2.45, 2.75) is 51.9 Å². The highest BCUT2D eigenvalue weighted by Crippen LogP contribution is 2.34. The summed E-state index contributed by atoms with van der Waals surface area (Å²) in [5.74, 6) is 0.837. The van der Waals surface area contributed by atoms with Crippen molar-refractivity contribution < 1.29 is 0 Å². The maximum atomic E-state index is 6.56. The van der Waals surface area contributed by atoms with Crippen LogP contribution in [0.2, 0.25) is 10.0 Å². The smallest absolute Gasteiger partial charge is 0.0840 e. The topological polar surface area (TPSA) is 17.8 Å². The number of hydrogen-bond acceptors (Lipinski definition) is 1. The number of benzene rings is 2. The van der Waals surface area contributed by atoms with Gasteiger partial charge in [-0.1, -0.05) is 83.4 Å². The normalized spacial score (nSPS) is 15.0. The minimum absolute atomic E-state index is 0.609. The summed E-state index contributed by atoms with van der Waals surface area (Å²) in [7, 11) is 0. The van der Waals surface area contributed by atoms with E-state index in [1.165, 1.54) is 49.8 Å². The van der Waals surface area contributed by atoms with Gasteiger partial charge in [-0.15, -0.1) is 0 Å². The van der Waals surface area contributed by atoms with Gasteiger partial charge < -0.3 is 0 Å². The van der Waals surface area contributed by atoms with Gasteiger partial charge in [0.25, 0.3) is 0 Å². The summed E-state index contributed by atoms with van der Waals surface area (Å²) in [6.07, 6.45) is 9.10. The average molecular weight is 492 g/mol. The van der Waals surface area contributed by atoms with Gasteiger partial charge in [-0.25, -0.2) is 4.68 Å². The van der Waals surface area contributed by atoms with E-state index in [4.69, 9.17) is 28.3 Å². The SMILES string of the molecule is Cc1c(CCC2CCCCC2)nn(-c2ccc(Cl)cc2Cl)c1-c1ccc(Br)cc1. The molecular weight excluding hydrogens is 467 g/mol. The fourth-order valence-corrected chi connectivity index (χ4v) is 5.12. The third kappa shape index (κ3) is 4.73. The average Bonchev–Trinajstić information content (AvgIpc) is 3.04. The van der Waals surface area contributed by atoms with Gasteiger partial charge in [0.2, 0.25) is 0 Å². The van der Waals surface area contributed by atoms with Crippen LogP contribution in [0.25, 0.3) is 16.9 Å². The zero-order chi connectivity index (χ0) is 20.4. The summed E-state index contributed by atoms with van der Waals surface area (Å²) in [6, 6.07) is 14.0. The summed E-state index contributed by atoms with van der Waals surface area (Å²) < 4.78 is 3.06. The molecule has 1 saturated carbocycles. The van der Waals surface area contributed by atoms with E-state index in [1.54, 1.807) is 6.07 Å². The van der Waals surface area contributed by atoms with E-state index in [2.05, 4.69) is 47.1 Å². The van der Waals surface area contributed by atoms with Crippen LogP contribution in [0, 0.1) is 12.8 Å². The van der Waals surface area contributed by atoms with Crippen molar-refractivity contribution in [3.8, 4) is 16.9 Å². The molecule has 3 aromatic rings. The Kier molecular flexibility index (Phi) is 6.68. The van der Waals surface area contributed by atoms with Crippen molar-refractivity contribution in [3.63, 3.8) is 0 Å². The van der Waals surface area contributed by atoms with E-state index in [0.29, 0.717) is 10.0 Å². The molecule has 5 heteroatoms. The molecule has 1 aromatic heterocycles. The number of nitrogens with zero attached hydrogens (tertiary/aromatic N) is 2. The van der Waals surface area contributed by atoms with Crippen LogP contribution >= 0.6 is 39.1 Å². The molecule has 4 rings (SSSR count). The van der Waals surface area contributed by atoms with Crippen LogP contribution in [-0.2, 0) is 6.42 Å². The Balaban J connectivity index is 1.74. The molecule has 0 atom stereocenters. The summed E-state index contributed by atoms with van der Waals surface area (Å²) in [5.41, 5.74) is 5.49. The van der Waals surface area contributed by atoms with Gasteiger partial charge in [-0.3, -0.25) is 0 Å². The molecule has 0 spiro atoms. The van der Waals surface area contributed by atoms with Gasteiger partial charge in [0, 0.05) is 15.1 Å². The molecular formula is C24H25BrCl2N2. The van der Waals surface area contributed by atoms with Crippen molar-refractivity contribution in [1.29, 1.82) is 0 Å². The second kappa shape index (κ2) is 9.24. The molecule has 0 amide bonds. The lowest BCUT2D eigenvalue weighted by atomic mass is 9.85. The quantitative estimate of drug-likeness (QED) is 0.350. The van der Waals surface area contributed by atoms with E-state index in [0.717, 1.165) is 33.8 Å². The number of hydrogen-bond donors (Lipinski definition) is 0. The molecule has 1 aliphatic carbocycles. The number of rotatable bonds is 5. The summed E-state index contributed by atoms with van der Waals surface area (Å²) in [4.78, 5) is 0. The Morgan fingerprint density at radius 2 is 1.76 bits per heavy atom. The Hall–Kier alpha value is -1.29. The Bertz CT molecular complexity index is 989. The van der Waals surface area contributed by atoms with Crippen molar-refractivity contribution in [2.24, 2.45) is 5.92 Å². The third-order valence-corrected chi connectivity index (χ3v) is 7.06. The maximum absolute atomic E-state index is 6.56. The lowest BCUT2D eigenvalue weighted by molar-refractivity contribution is 0.338. The largest absolute Gasteiger partial charge is 0.231 e. The van der Waals surface area contributed by atoms with Crippen LogP contribution in [-0.4, -0.2) is 9.78 Å². The lowest BCUT2D eigenvalue weighted by Crippen LogP contribution is -2.08. The van der Waals surface area contributed by atoms with Crippen LogP contribution in [0.3, 0.4) is 0 Å². The van der Waals surface area contributed by atoms with Crippen LogP contribution in [0.1, 0.15) is 49.8 Å². The third-order valence-electron chi connectivity index (χ3n) is 5.99. The molecule has 0 radical (unpaired) electrons. The molecule has 0 saturated heterocycles. The van der Waals surface area contributed by atoms with Gasteiger partial charge >= 0.3 is 0 Å². The second-order valence-electron chi connectivity index (χ2n) is 7.98. The highest BCUT2D eigenvalue weighted by atomic mass is 79.9. The molecule has 29 heavy (non-hydrogen) atoms. The summed E-state index contributed by atoms with van der Waals surface area (Å²) in [6.45, 7) is 2.18. The van der Waals surface area contributed by atoms with Crippen LogP contribution in [0.4, 0.5) is 0 Å². The van der Waals surface area contributed by atoms with E-state index in [9.17, 15) is 0 Å². The van der Waals surface area contributed by atoms with Crippen molar-refractivity contribution in [3.05, 3.63) is 68.2 Å². The van der Waals surface area contributed by atoms with E-state index < -0.39 is 0 Å². The molecule has 2 nitrogen and oxygen atoms in total. The molecule has 152 valence electrons. The first-order valence-corrected chi connectivity index (χ1v) is 11.9. The zero-order valence-corrected chi connectivity index (χ0v) is 19.7. The van der Waals surface area contributed by atoms with Crippen molar-refractivity contribution in [1.82, 2.24) is 9.78 Å². The standard InChI is InChI=1S/C24H25BrCl2N2/c1-16-22(13-7-17-5-3-2-4-6-17)28-29(23-14-12-20(26)15-21(23)27)24(16)18-8-10-19(25)11-9-18/h8-12,14-15,17H,2-7,13H2,1H3. The van der Waals surface area contributed by atoms with Crippen molar-refractivity contribution in [2.75, 3.05) is 0 Å². The fraction of sp³-hybridized carbons (Fsp3) is 0.375. The number of aromatic nitrogens is 2. The molecule has 0 bridgehead atoms. The first-order valence-electron chi connectivity index (χ1n) is 10.3. The predicted molar refractivity (Wildman–Crippen MR) is 126 cm³/mol.